The van der Waals surface area contributed by atoms with Gasteiger partial charge in [-0.25, -0.2) is 0 Å². The van der Waals surface area contributed by atoms with Gasteiger partial charge in [0.15, 0.2) is 0 Å². The molecule has 0 aromatic carbocycles. The van der Waals surface area contributed by atoms with Crippen LogP contribution in [0.2, 0.25) is 0 Å². The third-order valence-electron chi connectivity index (χ3n) is 5.40. The molecule has 1 aliphatic carbocycles. The first-order chi connectivity index (χ1) is 10.8. The predicted octanol–water partition coefficient (Wildman–Crippen LogP) is 2.65. The van der Waals surface area contributed by atoms with Crippen LogP contribution < -0.4 is 0 Å². The quantitative estimate of drug-likeness (QED) is 0.840. The van der Waals surface area contributed by atoms with E-state index in [0.717, 1.165) is 52.0 Å². The van der Waals surface area contributed by atoms with Gasteiger partial charge < -0.3 is 14.4 Å². The van der Waals surface area contributed by atoms with Gasteiger partial charge in [0.2, 0.25) is 5.91 Å². The number of amides is 1. The van der Waals surface area contributed by atoms with E-state index in [0.29, 0.717) is 18.4 Å². The maximum absolute atomic E-state index is 12.7. The van der Waals surface area contributed by atoms with E-state index >= 15 is 0 Å². The molecule has 1 aromatic rings. The Bertz CT molecular complexity index is 524. The Morgan fingerprint density at radius 2 is 2.09 bits per heavy atom. The Balaban J connectivity index is 1.36. The lowest BCUT2D eigenvalue weighted by Crippen LogP contribution is -2.40. The van der Waals surface area contributed by atoms with Crippen molar-refractivity contribution in [2.45, 2.75) is 37.2 Å². The maximum Gasteiger partial charge on any atom is 0.226 e. The number of hydrogen-bond acceptors (Lipinski definition) is 4. The monoisotopic (exact) mass is 321 g/mol. The SMILES string of the molecule is O=C([C@@H]1C[C@H]1c1ccsc1)N1CCOC2(CCOCC2)CC1. The van der Waals surface area contributed by atoms with Crippen LogP contribution in [-0.4, -0.2) is 49.3 Å². The highest BCUT2D eigenvalue weighted by molar-refractivity contribution is 7.08. The average Bonchev–Trinajstić information content (AvgIpc) is 3.22. The Hall–Kier alpha value is -0.910. The van der Waals surface area contributed by atoms with Gasteiger partial charge in [-0.15, -0.1) is 0 Å². The summed E-state index contributed by atoms with van der Waals surface area (Å²) in [5.74, 6) is 1.00. The minimum atomic E-state index is -0.0381. The van der Waals surface area contributed by atoms with Crippen LogP contribution in [0.4, 0.5) is 0 Å². The van der Waals surface area contributed by atoms with Crippen molar-refractivity contribution in [3.05, 3.63) is 22.4 Å². The first-order valence-electron chi connectivity index (χ1n) is 8.30. The highest BCUT2D eigenvalue weighted by atomic mass is 32.1. The van der Waals surface area contributed by atoms with Crippen LogP contribution in [0.15, 0.2) is 16.8 Å². The second kappa shape index (κ2) is 5.95. The van der Waals surface area contributed by atoms with E-state index in [1.165, 1.54) is 5.56 Å². The van der Waals surface area contributed by atoms with Gasteiger partial charge in [0.05, 0.1) is 12.2 Å². The van der Waals surface area contributed by atoms with Crippen LogP contribution in [0.3, 0.4) is 0 Å². The van der Waals surface area contributed by atoms with Crippen LogP contribution in [0.25, 0.3) is 0 Å². The van der Waals surface area contributed by atoms with Crippen LogP contribution in [0.5, 0.6) is 0 Å². The molecule has 2 atom stereocenters. The van der Waals surface area contributed by atoms with Gasteiger partial charge in [0.25, 0.3) is 0 Å². The third-order valence-corrected chi connectivity index (χ3v) is 6.10. The normalized spacial score (nSPS) is 31.0. The minimum Gasteiger partial charge on any atom is -0.381 e. The summed E-state index contributed by atoms with van der Waals surface area (Å²) in [7, 11) is 0. The van der Waals surface area contributed by atoms with Crippen molar-refractivity contribution in [1.29, 1.82) is 0 Å². The van der Waals surface area contributed by atoms with Crippen molar-refractivity contribution in [3.8, 4) is 0 Å². The number of rotatable bonds is 2. The smallest absolute Gasteiger partial charge is 0.226 e. The summed E-state index contributed by atoms with van der Waals surface area (Å²) in [5.41, 5.74) is 1.30. The summed E-state index contributed by atoms with van der Waals surface area (Å²) >= 11 is 1.72. The van der Waals surface area contributed by atoms with Gasteiger partial charge in [-0.2, -0.15) is 11.3 Å². The molecule has 2 saturated heterocycles. The number of carbonyl (C=O) groups excluding carboxylic acids is 1. The summed E-state index contributed by atoms with van der Waals surface area (Å²) in [6.07, 6.45) is 3.91. The van der Waals surface area contributed by atoms with Gasteiger partial charge in [-0.1, -0.05) is 0 Å². The van der Waals surface area contributed by atoms with E-state index < -0.39 is 0 Å². The molecule has 5 heteroatoms. The van der Waals surface area contributed by atoms with Crippen LogP contribution in [0.1, 0.15) is 37.2 Å². The molecule has 1 aromatic heterocycles. The molecule has 0 N–H and O–H groups in total. The molecule has 0 bridgehead atoms. The molecule has 1 saturated carbocycles. The minimum absolute atomic E-state index is 0.0381. The van der Waals surface area contributed by atoms with Crippen molar-refractivity contribution >= 4 is 17.2 Å². The van der Waals surface area contributed by atoms with Gasteiger partial charge >= 0.3 is 0 Å². The molecule has 3 aliphatic rings. The van der Waals surface area contributed by atoms with Crippen LogP contribution in [0, 0.1) is 5.92 Å². The highest BCUT2D eigenvalue weighted by Gasteiger charge is 2.47. The largest absolute Gasteiger partial charge is 0.381 e. The third kappa shape index (κ3) is 2.82. The average molecular weight is 321 g/mol. The second-order valence-electron chi connectivity index (χ2n) is 6.72. The zero-order chi connectivity index (χ0) is 15.0. The molecule has 1 spiro atoms. The Labute approximate surface area is 135 Å². The Morgan fingerprint density at radius 3 is 2.86 bits per heavy atom. The summed E-state index contributed by atoms with van der Waals surface area (Å²) < 4.78 is 11.6. The number of ether oxygens (including phenoxy) is 2. The molecular formula is C17H23NO3S. The zero-order valence-corrected chi connectivity index (χ0v) is 13.6. The standard InChI is InChI=1S/C17H23NO3S/c19-16(15-11-14(15)13-1-10-22-12-13)18-5-2-17(21-9-6-18)3-7-20-8-4-17/h1,10,12,14-15H,2-9,11H2/t14-,15+/m0/s1. The lowest BCUT2D eigenvalue weighted by molar-refractivity contribution is -0.132. The lowest BCUT2D eigenvalue weighted by atomic mass is 9.90. The molecule has 1 amide bonds. The summed E-state index contributed by atoms with van der Waals surface area (Å²) in [4.78, 5) is 14.8. The highest BCUT2D eigenvalue weighted by Crippen LogP contribution is 2.49. The van der Waals surface area contributed by atoms with E-state index in [1.807, 2.05) is 4.90 Å². The molecule has 2 aliphatic heterocycles. The van der Waals surface area contributed by atoms with Gasteiger partial charge in [0.1, 0.15) is 0 Å². The summed E-state index contributed by atoms with van der Waals surface area (Å²) in [6.45, 7) is 3.83. The molecule has 120 valence electrons. The molecule has 3 fully saturated rings. The van der Waals surface area contributed by atoms with Crippen molar-refractivity contribution in [3.63, 3.8) is 0 Å². The van der Waals surface area contributed by atoms with Gasteiger partial charge in [-0.3, -0.25) is 4.79 Å². The fourth-order valence-electron chi connectivity index (χ4n) is 3.81. The Kier molecular flexibility index (Phi) is 3.96. The van der Waals surface area contributed by atoms with Gasteiger partial charge in [0, 0.05) is 32.2 Å². The molecular weight excluding hydrogens is 298 g/mol. The fourth-order valence-corrected chi connectivity index (χ4v) is 4.53. The number of nitrogens with zero attached hydrogens (tertiary/aromatic N) is 1. The number of thiophene rings is 1. The van der Waals surface area contributed by atoms with E-state index in [4.69, 9.17) is 9.47 Å². The molecule has 4 nitrogen and oxygen atoms in total. The summed E-state index contributed by atoms with van der Waals surface area (Å²) in [5, 5.41) is 4.28. The van der Waals surface area contributed by atoms with E-state index in [2.05, 4.69) is 16.8 Å². The van der Waals surface area contributed by atoms with Crippen molar-refractivity contribution in [2.75, 3.05) is 32.9 Å². The Morgan fingerprint density at radius 1 is 1.23 bits per heavy atom. The van der Waals surface area contributed by atoms with Gasteiger partial charge in [-0.05, 0) is 54.0 Å². The molecule has 0 radical (unpaired) electrons. The first-order valence-corrected chi connectivity index (χ1v) is 9.24. The molecule has 22 heavy (non-hydrogen) atoms. The predicted molar refractivity (Wildman–Crippen MR) is 85.1 cm³/mol. The second-order valence-corrected chi connectivity index (χ2v) is 7.50. The molecule has 3 heterocycles. The fraction of sp³-hybridized carbons (Fsp3) is 0.706. The topological polar surface area (TPSA) is 38.8 Å². The summed E-state index contributed by atoms with van der Waals surface area (Å²) in [6, 6.07) is 2.16. The maximum atomic E-state index is 12.7. The lowest BCUT2D eigenvalue weighted by Gasteiger charge is -2.35. The van der Waals surface area contributed by atoms with Crippen molar-refractivity contribution < 1.29 is 14.3 Å². The van der Waals surface area contributed by atoms with E-state index in [1.54, 1.807) is 11.3 Å². The van der Waals surface area contributed by atoms with E-state index in [-0.39, 0.29) is 11.5 Å². The van der Waals surface area contributed by atoms with Crippen LogP contribution >= 0.6 is 11.3 Å². The van der Waals surface area contributed by atoms with Crippen molar-refractivity contribution in [1.82, 2.24) is 4.90 Å². The number of carbonyl (C=O) groups is 1. The van der Waals surface area contributed by atoms with E-state index in [9.17, 15) is 4.79 Å². The molecule has 0 unspecified atom stereocenters. The first kappa shape index (κ1) is 14.7. The van der Waals surface area contributed by atoms with Crippen LogP contribution in [-0.2, 0) is 14.3 Å². The number of hydrogen-bond donors (Lipinski definition) is 0. The zero-order valence-electron chi connectivity index (χ0n) is 12.8. The molecule has 4 rings (SSSR count). The van der Waals surface area contributed by atoms with Crippen molar-refractivity contribution in [2.24, 2.45) is 5.92 Å².